The van der Waals surface area contributed by atoms with Crippen LogP contribution >= 0.6 is 0 Å². The minimum Gasteiger partial charge on any atom is -0.352 e. The molecule has 0 radical (unpaired) electrons. The van der Waals surface area contributed by atoms with E-state index in [-0.39, 0.29) is 74.8 Å². The Kier molecular flexibility index (Phi) is 14.1. The first-order chi connectivity index (χ1) is 29.7. The van der Waals surface area contributed by atoms with E-state index >= 15 is 8.78 Å². The molecule has 4 aromatic rings. The summed E-state index contributed by atoms with van der Waals surface area (Å²) in [5.74, 6) is -2.54. The van der Waals surface area contributed by atoms with E-state index in [0.717, 1.165) is 32.1 Å². The van der Waals surface area contributed by atoms with Crippen molar-refractivity contribution < 1.29 is 36.7 Å². The van der Waals surface area contributed by atoms with Crippen molar-refractivity contribution in [3.8, 4) is 11.5 Å². The van der Waals surface area contributed by atoms with Crippen molar-refractivity contribution in [3.63, 3.8) is 0 Å². The Bertz CT molecular complexity index is 2270. The van der Waals surface area contributed by atoms with Crippen LogP contribution in [0.25, 0.3) is 33.5 Å². The van der Waals surface area contributed by atoms with Crippen molar-refractivity contribution in [1.29, 1.82) is 0 Å². The standard InChI is InChI=1S/C47H61F4N7O4/c1-6-26(3)45(60)55-38(7-2)47(62)57-24-32(51)18-34(57)25-58-41-16-14-30(49)20-40(41)54-44(58)43-37(35-15-13-29(48)19-39(35)53-43)21-33-17-31(50)23-56(33)46(61)36(22-42(59)27(4)52-5)28-11-9-8-10-12-28/h13-16,19-20,26-28,31-34,36,38,52-53H,6-12,17-18,21-25H2,1-5H3,(H,55,60)/t26-,27+,31+,32+,33+,34+,36+,38+/m1/s1. The lowest BCUT2D eigenvalue weighted by Gasteiger charge is -2.35. The average molecular weight is 864 g/mol. The predicted molar refractivity (Wildman–Crippen MR) is 231 cm³/mol. The number of carbonyl (C=O) groups is 4. The number of ketones is 1. The van der Waals surface area contributed by atoms with Gasteiger partial charge in [0.2, 0.25) is 17.7 Å². The highest BCUT2D eigenvalue weighted by Gasteiger charge is 2.43. The molecule has 11 nitrogen and oxygen atoms in total. The highest BCUT2D eigenvalue weighted by atomic mass is 19.1. The summed E-state index contributed by atoms with van der Waals surface area (Å²) >= 11 is 0. The van der Waals surface area contributed by atoms with Crippen LogP contribution in [0, 0.1) is 29.4 Å². The molecule has 2 aliphatic heterocycles. The van der Waals surface area contributed by atoms with Crippen molar-refractivity contribution in [2.75, 3.05) is 20.1 Å². The SMILES string of the molecule is CC[C@@H](C)C(=O)N[C@@H](CC)C(=O)N1C[C@@H](F)C[C@H]1Cn1c(-c2[nH]c3cc(F)ccc3c2C[C@@H]2C[C@H](F)CN2C(=O)[C@@H](CC(=O)[C@H](C)NC)C2CCCCC2)nc2cc(F)ccc21. The molecule has 2 saturated heterocycles. The van der Waals surface area contributed by atoms with E-state index in [1.165, 1.54) is 29.2 Å². The number of hydrogen-bond donors (Lipinski definition) is 3. The molecule has 15 heteroatoms. The van der Waals surface area contributed by atoms with Gasteiger partial charge in [-0.15, -0.1) is 0 Å². The Hall–Kier alpha value is -4.79. The van der Waals surface area contributed by atoms with Crippen LogP contribution in [-0.4, -0.2) is 104 Å². The molecule has 2 aromatic carbocycles. The van der Waals surface area contributed by atoms with E-state index in [1.807, 2.05) is 11.5 Å². The third-order valence-electron chi connectivity index (χ3n) is 13.9. The first-order valence-corrected chi connectivity index (χ1v) is 22.6. The molecule has 3 aliphatic rings. The molecular weight excluding hydrogens is 803 g/mol. The quantitative estimate of drug-likeness (QED) is 0.0996. The number of nitrogens with zero attached hydrogens (tertiary/aromatic N) is 4. The molecule has 0 spiro atoms. The molecule has 3 amide bonds. The molecule has 3 N–H and O–H groups in total. The van der Waals surface area contributed by atoms with Crippen LogP contribution < -0.4 is 10.6 Å². The molecule has 0 unspecified atom stereocenters. The normalized spacial score (nSPS) is 22.9. The fourth-order valence-electron chi connectivity index (χ4n) is 9.98. The predicted octanol–water partition coefficient (Wildman–Crippen LogP) is 7.59. The number of fused-ring (bicyclic) bond motifs is 2. The minimum absolute atomic E-state index is 0.00484. The smallest absolute Gasteiger partial charge is 0.245 e. The van der Waals surface area contributed by atoms with Crippen LogP contribution in [0.2, 0.25) is 0 Å². The van der Waals surface area contributed by atoms with Gasteiger partial charge in [-0.25, -0.2) is 22.5 Å². The van der Waals surface area contributed by atoms with Crippen molar-refractivity contribution >= 4 is 45.4 Å². The number of likely N-dealkylation sites (tertiary alicyclic amines) is 2. The molecule has 3 fully saturated rings. The largest absolute Gasteiger partial charge is 0.352 e. The van der Waals surface area contributed by atoms with E-state index in [1.54, 1.807) is 44.9 Å². The highest BCUT2D eigenvalue weighted by Crippen LogP contribution is 2.39. The fourth-order valence-corrected chi connectivity index (χ4v) is 9.98. The fraction of sp³-hybridized carbons (Fsp3) is 0.596. The number of rotatable bonds is 16. The first-order valence-electron chi connectivity index (χ1n) is 22.6. The number of alkyl halides is 2. The van der Waals surface area contributed by atoms with Crippen molar-refractivity contribution in [2.24, 2.45) is 17.8 Å². The third-order valence-corrected chi connectivity index (χ3v) is 13.9. The summed E-state index contributed by atoms with van der Waals surface area (Å²) in [6.07, 6.45) is 3.21. The molecule has 7 rings (SSSR count). The van der Waals surface area contributed by atoms with Gasteiger partial charge in [-0.05, 0) is 87.9 Å². The summed E-state index contributed by atoms with van der Waals surface area (Å²) in [4.78, 5) is 66.4. The van der Waals surface area contributed by atoms with Crippen LogP contribution in [0.5, 0.6) is 0 Å². The van der Waals surface area contributed by atoms with Gasteiger partial charge in [0.15, 0.2) is 5.82 Å². The topological polar surface area (TPSA) is 132 Å². The zero-order valence-corrected chi connectivity index (χ0v) is 36.5. The highest BCUT2D eigenvalue weighted by molar-refractivity contribution is 5.93. The van der Waals surface area contributed by atoms with Gasteiger partial charge in [0.05, 0.1) is 41.9 Å². The number of H-pyrrole nitrogens is 1. The summed E-state index contributed by atoms with van der Waals surface area (Å²) in [7, 11) is 1.71. The molecule has 62 heavy (non-hydrogen) atoms. The lowest BCUT2D eigenvalue weighted by Crippen LogP contribution is -2.51. The molecule has 2 aromatic heterocycles. The van der Waals surface area contributed by atoms with Gasteiger partial charge in [0, 0.05) is 60.7 Å². The molecular formula is C47H61F4N7O4. The second kappa shape index (κ2) is 19.3. The number of aromatic amines is 1. The zero-order valence-electron chi connectivity index (χ0n) is 36.5. The van der Waals surface area contributed by atoms with Gasteiger partial charge in [0.25, 0.3) is 0 Å². The van der Waals surface area contributed by atoms with Crippen LogP contribution in [0.3, 0.4) is 0 Å². The van der Waals surface area contributed by atoms with Crippen molar-refractivity contribution in [2.45, 2.75) is 141 Å². The molecule has 0 bridgehead atoms. The summed E-state index contributed by atoms with van der Waals surface area (Å²) in [5, 5.41) is 6.48. The Balaban J connectivity index is 1.27. The number of halogens is 4. The van der Waals surface area contributed by atoms with Crippen LogP contribution in [0.15, 0.2) is 36.4 Å². The van der Waals surface area contributed by atoms with Crippen LogP contribution in [0.4, 0.5) is 17.6 Å². The van der Waals surface area contributed by atoms with Crippen LogP contribution in [-0.2, 0) is 32.1 Å². The summed E-state index contributed by atoms with van der Waals surface area (Å²) in [5.41, 5.74) is 2.33. The maximum absolute atomic E-state index is 15.7. The number of carbonyl (C=O) groups excluding carboxylic acids is 4. The number of nitrogens with one attached hydrogen (secondary N) is 3. The second-order valence-electron chi connectivity index (χ2n) is 18.0. The second-order valence-corrected chi connectivity index (χ2v) is 18.0. The molecule has 1 saturated carbocycles. The van der Waals surface area contributed by atoms with Gasteiger partial charge in [-0.1, -0.05) is 40.0 Å². The van der Waals surface area contributed by atoms with E-state index in [0.29, 0.717) is 51.9 Å². The number of imidazole rings is 1. The lowest BCUT2D eigenvalue weighted by molar-refractivity contribution is -0.141. The van der Waals surface area contributed by atoms with E-state index in [9.17, 15) is 28.0 Å². The molecule has 1 aliphatic carbocycles. The monoisotopic (exact) mass is 863 g/mol. The maximum Gasteiger partial charge on any atom is 0.245 e. The number of likely N-dealkylation sites (N-methyl/N-ethyl adjacent to an activating group) is 1. The van der Waals surface area contributed by atoms with Gasteiger partial charge in [-0.2, -0.15) is 0 Å². The van der Waals surface area contributed by atoms with E-state index in [4.69, 9.17) is 4.98 Å². The van der Waals surface area contributed by atoms with E-state index in [2.05, 4.69) is 15.6 Å². The Morgan fingerprint density at radius 1 is 0.871 bits per heavy atom. The number of hydrogen-bond acceptors (Lipinski definition) is 6. The average Bonchev–Trinajstić information content (AvgIpc) is 4.03. The van der Waals surface area contributed by atoms with Crippen molar-refractivity contribution in [1.82, 2.24) is 35.0 Å². The van der Waals surface area contributed by atoms with Gasteiger partial charge in [-0.3, -0.25) is 19.2 Å². The lowest BCUT2D eigenvalue weighted by atomic mass is 9.76. The van der Waals surface area contributed by atoms with Crippen molar-refractivity contribution in [3.05, 3.63) is 53.6 Å². The number of benzene rings is 2. The summed E-state index contributed by atoms with van der Waals surface area (Å²) in [6, 6.07) is 5.91. The first kappa shape index (κ1) is 45.2. The van der Waals surface area contributed by atoms with Gasteiger partial charge < -0.3 is 30.0 Å². The third kappa shape index (κ3) is 9.42. The zero-order chi connectivity index (χ0) is 44.4. The maximum atomic E-state index is 15.7. The summed E-state index contributed by atoms with van der Waals surface area (Å²) < 4.78 is 62.7. The molecule has 4 heterocycles. The van der Waals surface area contributed by atoms with Crippen LogP contribution in [0.1, 0.15) is 97.5 Å². The van der Waals surface area contributed by atoms with E-state index < -0.39 is 60.0 Å². The summed E-state index contributed by atoms with van der Waals surface area (Å²) in [6.45, 7) is 7.02. The number of Topliss-reactive ketones (excluding diaryl/α,β-unsaturated/α-hetero) is 1. The Morgan fingerprint density at radius 2 is 1.53 bits per heavy atom. The number of aromatic nitrogens is 3. The molecule has 336 valence electrons. The Labute approximate surface area is 360 Å². The Morgan fingerprint density at radius 3 is 2.21 bits per heavy atom. The minimum atomic E-state index is -1.33. The number of amides is 3. The van der Waals surface area contributed by atoms with Gasteiger partial charge >= 0.3 is 0 Å². The molecule has 8 atom stereocenters. The van der Waals surface area contributed by atoms with Gasteiger partial charge in [0.1, 0.15) is 35.8 Å².